The number of nitrogens with one attached hydrogen (secondary N) is 1. The minimum atomic E-state index is -0.441. The van der Waals surface area contributed by atoms with Crippen molar-refractivity contribution in [1.82, 2.24) is 14.7 Å². The fourth-order valence-electron chi connectivity index (χ4n) is 2.63. The summed E-state index contributed by atoms with van der Waals surface area (Å²) in [6.07, 6.45) is 1.78. The summed E-state index contributed by atoms with van der Waals surface area (Å²) in [5, 5.41) is 16.3. The number of hydrogen-bond donors (Lipinski definition) is 2. The Labute approximate surface area is 143 Å². The molecule has 0 bridgehead atoms. The zero-order valence-corrected chi connectivity index (χ0v) is 14.3. The molecule has 0 spiro atoms. The standard InChI is InChI=1S/C17H19N3O3S/c1-3-23-14-5-4-7-20-15(11(2)18-16(14)20)17(22)19-13(9-21)12-6-8-24-10-12/h4-8,10,13,21H,3,9H2,1-2H3,(H,19,22)/t13-/m0/s1. The molecule has 0 radical (unpaired) electrons. The van der Waals surface area contributed by atoms with Crippen LogP contribution in [0.3, 0.4) is 0 Å². The van der Waals surface area contributed by atoms with Crippen molar-refractivity contribution in [3.05, 3.63) is 52.1 Å². The molecule has 0 aliphatic heterocycles. The molecule has 0 aliphatic rings. The van der Waals surface area contributed by atoms with Gasteiger partial charge in [-0.1, -0.05) is 0 Å². The fraction of sp³-hybridized carbons (Fsp3) is 0.294. The van der Waals surface area contributed by atoms with Gasteiger partial charge in [0.25, 0.3) is 5.91 Å². The number of carbonyl (C=O) groups excluding carboxylic acids is 1. The lowest BCUT2D eigenvalue weighted by molar-refractivity contribution is 0.0909. The number of thiophene rings is 1. The van der Waals surface area contributed by atoms with E-state index in [9.17, 15) is 9.90 Å². The Morgan fingerprint density at radius 1 is 1.50 bits per heavy atom. The second kappa shape index (κ2) is 7.02. The van der Waals surface area contributed by atoms with Crippen LogP contribution in [0.25, 0.3) is 5.65 Å². The molecule has 0 saturated heterocycles. The van der Waals surface area contributed by atoms with E-state index >= 15 is 0 Å². The Bertz CT molecular complexity index is 842. The van der Waals surface area contributed by atoms with E-state index in [-0.39, 0.29) is 12.5 Å². The maximum Gasteiger partial charge on any atom is 0.270 e. The van der Waals surface area contributed by atoms with Crippen LogP contribution >= 0.6 is 11.3 Å². The molecule has 126 valence electrons. The molecule has 3 heterocycles. The molecule has 3 aromatic rings. The van der Waals surface area contributed by atoms with Crippen molar-refractivity contribution in [2.45, 2.75) is 19.9 Å². The molecule has 1 amide bonds. The van der Waals surface area contributed by atoms with E-state index in [2.05, 4.69) is 10.3 Å². The van der Waals surface area contributed by atoms with Crippen molar-refractivity contribution in [3.8, 4) is 5.75 Å². The van der Waals surface area contributed by atoms with Gasteiger partial charge in [-0.15, -0.1) is 0 Å². The number of rotatable bonds is 6. The predicted molar refractivity (Wildman–Crippen MR) is 92.7 cm³/mol. The van der Waals surface area contributed by atoms with Gasteiger partial charge in [0.15, 0.2) is 11.4 Å². The number of fused-ring (bicyclic) bond motifs is 1. The maximum atomic E-state index is 12.8. The molecule has 3 aromatic heterocycles. The highest BCUT2D eigenvalue weighted by Crippen LogP contribution is 2.23. The first-order chi connectivity index (χ1) is 11.7. The third-order valence-electron chi connectivity index (χ3n) is 3.74. The quantitative estimate of drug-likeness (QED) is 0.720. The Kier molecular flexibility index (Phi) is 4.82. The summed E-state index contributed by atoms with van der Waals surface area (Å²) in [4.78, 5) is 17.2. The minimum Gasteiger partial charge on any atom is -0.490 e. The number of hydrogen-bond acceptors (Lipinski definition) is 5. The number of amides is 1. The molecule has 2 N–H and O–H groups in total. The molecule has 0 fully saturated rings. The van der Waals surface area contributed by atoms with Crippen LogP contribution in [0.15, 0.2) is 35.2 Å². The molecular weight excluding hydrogens is 326 g/mol. The van der Waals surface area contributed by atoms with Crippen molar-refractivity contribution in [1.29, 1.82) is 0 Å². The number of aryl methyl sites for hydroxylation is 1. The highest BCUT2D eigenvalue weighted by atomic mass is 32.1. The smallest absolute Gasteiger partial charge is 0.270 e. The summed E-state index contributed by atoms with van der Waals surface area (Å²) < 4.78 is 7.29. The first-order valence-electron chi connectivity index (χ1n) is 7.70. The van der Waals surface area contributed by atoms with Crippen LogP contribution in [0.5, 0.6) is 5.75 Å². The number of aliphatic hydroxyl groups is 1. The van der Waals surface area contributed by atoms with Gasteiger partial charge in [-0.05, 0) is 48.4 Å². The Morgan fingerprint density at radius 2 is 2.33 bits per heavy atom. The molecule has 0 unspecified atom stereocenters. The first kappa shape index (κ1) is 16.5. The van der Waals surface area contributed by atoms with Crippen molar-refractivity contribution in [2.24, 2.45) is 0 Å². The van der Waals surface area contributed by atoms with Crippen molar-refractivity contribution >= 4 is 22.9 Å². The zero-order valence-electron chi connectivity index (χ0n) is 13.5. The topological polar surface area (TPSA) is 75.9 Å². The lowest BCUT2D eigenvalue weighted by Gasteiger charge is -2.15. The third kappa shape index (κ3) is 3.00. The van der Waals surface area contributed by atoms with E-state index in [0.29, 0.717) is 29.4 Å². The number of imidazole rings is 1. The highest BCUT2D eigenvalue weighted by molar-refractivity contribution is 7.08. The van der Waals surface area contributed by atoms with E-state index in [1.165, 1.54) is 11.3 Å². The summed E-state index contributed by atoms with van der Waals surface area (Å²) in [6, 6.07) is 5.09. The zero-order chi connectivity index (χ0) is 17.1. The second-order valence-corrected chi connectivity index (χ2v) is 6.09. The van der Waals surface area contributed by atoms with E-state index in [0.717, 1.165) is 5.56 Å². The average Bonchev–Trinajstić information content (AvgIpc) is 3.20. The summed E-state index contributed by atoms with van der Waals surface area (Å²) in [5.74, 6) is 0.359. The Balaban J connectivity index is 1.95. The fourth-order valence-corrected chi connectivity index (χ4v) is 3.35. The largest absolute Gasteiger partial charge is 0.490 e. The van der Waals surface area contributed by atoms with E-state index in [1.807, 2.05) is 35.9 Å². The number of pyridine rings is 1. The van der Waals surface area contributed by atoms with Gasteiger partial charge in [0.1, 0.15) is 5.69 Å². The number of aliphatic hydroxyl groups excluding tert-OH is 1. The SMILES string of the molecule is CCOc1cccn2c(C(=O)N[C@@H](CO)c3ccsc3)c(C)nc12. The highest BCUT2D eigenvalue weighted by Gasteiger charge is 2.22. The molecule has 0 saturated carbocycles. The summed E-state index contributed by atoms with van der Waals surface area (Å²) in [5.41, 5.74) is 2.55. The maximum absolute atomic E-state index is 12.8. The summed E-state index contributed by atoms with van der Waals surface area (Å²) in [6.45, 7) is 4.05. The van der Waals surface area contributed by atoms with Gasteiger partial charge >= 0.3 is 0 Å². The van der Waals surface area contributed by atoms with Gasteiger partial charge in [0.2, 0.25) is 0 Å². The number of ether oxygens (including phenoxy) is 1. The Hall–Kier alpha value is -2.38. The molecule has 0 aromatic carbocycles. The first-order valence-corrected chi connectivity index (χ1v) is 8.64. The molecule has 6 nitrogen and oxygen atoms in total. The van der Waals surface area contributed by atoms with Crippen molar-refractivity contribution < 1.29 is 14.6 Å². The van der Waals surface area contributed by atoms with Crippen LogP contribution in [0, 0.1) is 6.92 Å². The molecule has 3 rings (SSSR count). The van der Waals surface area contributed by atoms with E-state index in [1.54, 1.807) is 17.5 Å². The summed E-state index contributed by atoms with van der Waals surface area (Å²) in [7, 11) is 0. The summed E-state index contributed by atoms with van der Waals surface area (Å²) >= 11 is 1.52. The average molecular weight is 345 g/mol. The van der Waals surface area contributed by atoms with Crippen molar-refractivity contribution in [3.63, 3.8) is 0 Å². The Morgan fingerprint density at radius 3 is 3.00 bits per heavy atom. The normalized spacial score (nSPS) is 12.3. The van der Waals surface area contributed by atoms with Crippen LogP contribution in [-0.2, 0) is 0 Å². The lowest BCUT2D eigenvalue weighted by Crippen LogP contribution is -2.31. The van der Waals surface area contributed by atoms with Gasteiger partial charge in [-0.2, -0.15) is 11.3 Å². The van der Waals surface area contributed by atoms with E-state index in [4.69, 9.17) is 4.74 Å². The molecule has 24 heavy (non-hydrogen) atoms. The molecule has 7 heteroatoms. The van der Waals surface area contributed by atoms with Gasteiger partial charge in [0, 0.05) is 6.20 Å². The lowest BCUT2D eigenvalue weighted by atomic mass is 10.1. The van der Waals surface area contributed by atoms with Crippen LogP contribution in [0.1, 0.15) is 34.7 Å². The van der Waals surface area contributed by atoms with Crippen molar-refractivity contribution in [2.75, 3.05) is 13.2 Å². The van der Waals surface area contributed by atoms with Crippen LogP contribution < -0.4 is 10.1 Å². The number of aromatic nitrogens is 2. The monoisotopic (exact) mass is 345 g/mol. The minimum absolute atomic E-state index is 0.164. The van der Waals surface area contributed by atoms with Gasteiger partial charge < -0.3 is 15.2 Å². The molecule has 0 aliphatic carbocycles. The molecular formula is C17H19N3O3S. The third-order valence-corrected chi connectivity index (χ3v) is 4.44. The van der Waals surface area contributed by atoms with E-state index < -0.39 is 6.04 Å². The van der Waals surface area contributed by atoms with Gasteiger partial charge in [0.05, 0.1) is 24.9 Å². The predicted octanol–water partition coefficient (Wildman–Crippen LogP) is 2.57. The van der Waals surface area contributed by atoms with Gasteiger partial charge in [-0.3, -0.25) is 9.20 Å². The van der Waals surface area contributed by atoms with Gasteiger partial charge in [-0.25, -0.2) is 4.98 Å². The van der Waals surface area contributed by atoms with Crippen LogP contribution in [-0.4, -0.2) is 33.6 Å². The second-order valence-electron chi connectivity index (χ2n) is 5.31. The van der Waals surface area contributed by atoms with Crippen LogP contribution in [0.2, 0.25) is 0 Å². The number of nitrogens with zero attached hydrogens (tertiary/aromatic N) is 2. The number of carbonyl (C=O) groups is 1. The molecule has 1 atom stereocenters. The van der Waals surface area contributed by atoms with Crippen LogP contribution in [0.4, 0.5) is 0 Å².